The van der Waals surface area contributed by atoms with Crippen molar-refractivity contribution in [1.29, 1.82) is 0 Å². The average Bonchev–Trinajstić information content (AvgIpc) is 2.55. The van der Waals surface area contributed by atoms with Crippen molar-refractivity contribution >= 4 is 23.5 Å². The monoisotopic (exact) mass is 332 g/mol. The number of thioether (sulfide) groups is 2. The second kappa shape index (κ2) is 7.65. The third-order valence-electron chi connectivity index (χ3n) is 3.36. The number of rotatable bonds is 6. The number of hydrogen-bond acceptors (Lipinski definition) is 4. The average molecular weight is 332 g/mol. The molecule has 0 heterocycles. The molecule has 0 amide bonds. The maximum absolute atomic E-state index is 5.51. The summed E-state index contributed by atoms with van der Waals surface area (Å²) in [5.41, 5.74) is 3.29. The van der Waals surface area contributed by atoms with E-state index < -0.39 is 0 Å². The Morgan fingerprint density at radius 1 is 1.05 bits per heavy atom. The number of methoxy groups -OCH3 is 2. The van der Waals surface area contributed by atoms with Crippen molar-refractivity contribution in [2.45, 2.75) is 11.8 Å². The van der Waals surface area contributed by atoms with Crippen molar-refractivity contribution in [3.05, 3.63) is 52.8 Å². The highest BCUT2D eigenvalue weighted by molar-refractivity contribution is 8.22. The lowest BCUT2D eigenvalue weighted by atomic mass is 10.0. The molecule has 0 atom stereocenters. The smallest absolute Gasteiger partial charge is 0.130 e. The summed E-state index contributed by atoms with van der Waals surface area (Å²) in [5, 5.41) is 0. The van der Waals surface area contributed by atoms with Crippen LogP contribution in [0.1, 0.15) is 5.56 Å². The lowest BCUT2D eigenvalue weighted by molar-refractivity contribution is 0.397. The van der Waals surface area contributed by atoms with Crippen LogP contribution >= 0.6 is 23.5 Å². The number of benzene rings is 2. The highest BCUT2D eigenvalue weighted by atomic mass is 32.2. The minimum atomic E-state index is 0.808. The Balaban J connectivity index is 2.54. The molecule has 0 N–H and O–H groups in total. The van der Waals surface area contributed by atoms with Crippen LogP contribution in [0.25, 0.3) is 11.1 Å². The Labute approximate surface area is 140 Å². The van der Waals surface area contributed by atoms with Crippen LogP contribution in [0.2, 0.25) is 0 Å². The van der Waals surface area contributed by atoms with Gasteiger partial charge in [0.2, 0.25) is 0 Å². The first-order chi connectivity index (χ1) is 10.6. The normalized spacial score (nSPS) is 10.4. The molecule has 4 heteroatoms. The van der Waals surface area contributed by atoms with E-state index in [0.717, 1.165) is 26.9 Å². The van der Waals surface area contributed by atoms with Gasteiger partial charge in [-0.2, -0.15) is 0 Å². The van der Waals surface area contributed by atoms with Gasteiger partial charge in [-0.3, -0.25) is 0 Å². The summed E-state index contributed by atoms with van der Waals surface area (Å²) in [7, 11) is 3.36. The molecule has 0 radical (unpaired) electrons. The van der Waals surface area contributed by atoms with E-state index in [4.69, 9.17) is 9.47 Å². The predicted molar refractivity (Wildman–Crippen MR) is 98.2 cm³/mol. The molecule has 0 unspecified atom stereocenters. The van der Waals surface area contributed by atoms with Gasteiger partial charge in [-0.05, 0) is 42.5 Å². The molecular weight excluding hydrogens is 312 g/mol. The molecule has 0 aliphatic heterocycles. The summed E-state index contributed by atoms with van der Waals surface area (Å²) < 4.78 is 12.1. The summed E-state index contributed by atoms with van der Waals surface area (Å²) >= 11 is 3.36. The molecule has 0 fully saturated rings. The van der Waals surface area contributed by atoms with E-state index in [1.54, 1.807) is 37.7 Å². The molecule has 0 saturated carbocycles. The van der Waals surface area contributed by atoms with Gasteiger partial charge in [0.25, 0.3) is 0 Å². The molecule has 2 rings (SSSR count). The molecular formula is C18H20O2S2. The van der Waals surface area contributed by atoms with E-state index in [2.05, 4.69) is 31.7 Å². The molecule has 116 valence electrons. The fourth-order valence-corrected chi connectivity index (χ4v) is 3.43. The highest BCUT2D eigenvalue weighted by Gasteiger charge is 2.14. The van der Waals surface area contributed by atoms with Crippen molar-refractivity contribution < 1.29 is 9.47 Å². The summed E-state index contributed by atoms with van der Waals surface area (Å²) in [4.78, 5) is 1.20. The highest BCUT2D eigenvalue weighted by Crippen LogP contribution is 2.41. The van der Waals surface area contributed by atoms with Crippen molar-refractivity contribution in [3.63, 3.8) is 0 Å². The SMILES string of the molecule is C=C(SC)Sc1cc(-c2c(OC)cccc2OC)ccc1C. The quantitative estimate of drug-likeness (QED) is 0.640. The van der Waals surface area contributed by atoms with Crippen LogP contribution in [0.15, 0.2) is 52.1 Å². The molecule has 0 aromatic heterocycles. The molecule has 0 aliphatic carbocycles. The molecule has 2 aromatic carbocycles. The van der Waals surface area contributed by atoms with Crippen LogP contribution in [0.3, 0.4) is 0 Å². The van der Waals surface area contributed by atoms with Gasteiger partial charge in [-0.25, -0.2) is 0 Å². The van der Waals surface area contributed by atoms with Crippen LogP contribution in [-0.4, -0.2) is 20.5 Å². The Hall–Kier alpha value is -1.52. The first kappa shape index (κ1) is 16.8. The van der Waals surface area contributed by atoms with Gasteiger partial charge in [-0.1, -0.05) is 36.5 Å². The molecule has 2 nitrogen and oxygen atoms in total. The van der Waals surface area contributed by atoms with E-state index in [0.29, 0.717) is 0 Å². The van der Waals surface area contributed by atoms with Crippen LogP contribution in [0, 0.1) is 6.92 Å². The minimum Gasteiger partial charge on any atom is -0.496 e. The zero-order chi connectivity index (χ0) is 16.1. The maximum Gasteiger partial charge on any atom is 0.130 e. The van der Waals surface area contributed by atoms with Gasteiger partial charge < -0.3 is 9.47 Å². The lowest BCUT2D eigenvalue weighted by Crippen LogP contribution is -1.93. The third kappa shape index (κ3) is 3.62. The third-order valence-corrected chi connectivity index (χ3v) is 5.45. The van der Waals surface area contributed by atoms with E-state index in [-0.39, 0.29) is 0 Å². The van der Waals surface area contributed by atoms with Crippen LogP contribution in [0.4, 0.5) is 0 Å². The molecule has 22 heavy (non-hydrogen) atoms. The van der Waals surface area contributed by atoms with Crippen molar-refractivity contribution in [3.8, 4) is 22.6 Å². The minimum absolute atomic E-state index is 0.808. The number of ether oxygens (including phenoxy) is 2. The van der Waals surface area contributed by atoms with Gasteiger partial charge >= 0.3 is 0 Å². The first-order valence-electron chi connectivity index (χ1n) is 6.83. The Kier molecular flexibility index (Phi) is 5.86. The second-order valence-electron chi connectivity index (χ2n) is 4.70. The largest absolute Gasteiger partial charge is 0.496 e. The molecule has 0 bridgehead atoms. The Morgan fingerprint density at radius 2 is 1.68 bits per heavy atom. The molecule has 0 saturated heterocycles. The lowest BCUT2D eigenvalue weighted by Gasteiger charge is -2.15. The van der Waals surface area contributed by atoms with Gasteiger partial charge in [0, 0.05) is 9.13 Å². The van der Waals surface area contributed by atoms with Gasteiger partial charge in [-0.15, -0.1) is 11.8 Å². The van der Waals surface area contributed by atoms with Crippen LogP contribution in [-0.2, 0) is 0 Å². The van der Waals surface area contributed by atoms with Crippen molar-refractivity contribution in [2.24, 2.45) is 0 Å². The van der Waals surface area contributed by atoms with E-state index in [1.807, 2.05) is 24.5 Å². The standard InChI is InChI=1S/C18H20O2S2/c1-12-9-10-14(11-17(12)22-13(2)21-5)18-15(19-3)7-6-8-16(18)20-4/h6-11H,2H2,1,3-5H3. The van der Waals surface area contributed by atoms with Crippen molar-refractivity contribution in [2.75, 3.05) is 20.5 Å². The van der Waals surface area contributed by atoms with Gasteiger partial charge in [0.15, 0.2) is 0 Å². The van der Waals surface area contributed by atoms with Crippen molar-refractivity contribution in [1.82, 2.24) is 0 Å². The first-order valence-corrected chi connectivity index (χ1v) is 8.87. The van der Waals surface area contributed by atoms with Gasteiger partial charge in [0.1, 0.15) is 11.5 Å². The molecule has 2 aromatic rings. The van der Waals surface area contributed by atoms with E-state index >= 15 is 0 Å². The predicted octanol–water partition coefficient (Wildman–Crippen LogP) is 5.61. The molecule has 0 aliphatic rings. The zero-order valence-electron chi connectivity index (χ0n) is 13.3. The van der Waals surface area contributed by atoms with Crippen LogP contribution in [0.5, 0.6) is 11.5 Å². The maximum atomic E-state index is 5.51. The zero-order valence-corrected chi connectivity index (χ0v) is 14.9. The summed E-state index contributed by atoms with van der Waals surface area (Å²) in [6, 6.07) is 12.2. The number of aryl methyl sites for hydroxylation is 1. The van der Waals surface area contributed by atoms with Crippen LogP contribution < -0.4 is 9.47 Å². The van der Waals surface area contributed by atoms with E-state index in [1.165, 1.54) is 10.5 Å². The Bertz CT molecular complexity index is 659. The fraction of sp³-hybridized carbons (Fsp3) is 0.222. The second-order valence-corrected chi connectivity index (χ2v) is 6.99. The fourth-order valence-electron chi connectivity index (χ4n) is 2.17. The molecule has 0 spiro atoms. The topological polar surface area (TPSA) is 18.5 Å². The summed E-state index contributed by atoms with van der Waals surface area (Å²) in [5.74, 6) is 1.62. The van der Waals surface area contributed by atoms with Gasteiger partial charge in [0.05, 0.1) is 19.8 Å². The Morgan fingerprint density at radius 3 is 2.23 bits per heavy atom. The summed E-state index contributed by atoms with van der Waals surface area (Å²) in [6.45, 7) is 6.17. The number of hydrogen-bond donors (Lipinski definition) is 0. The summed E-state index contributed by atoms with van der Waals surface area (Å²) in [6.07, 6.45) is 2.04. The van der Waals surface area contributed by atoms with E-state index in [9.17, 15) is 0 Å².